The lowest BCUT2D eigenvalue weighted by atomic mass is 10.1. The molecule has 168 valence electrons. The first-order valence-corrected chi connectivity index (χ1v) is 10.7. The maximum atomic E-state index is 12.6. The third kappa shape index (κ3) is 4.79. The Kier molecular flexibility index (Phi) is 6.50. The number of furan rings is 1. The van der Waals surface area contributed by atoms with Crippen LogP contribution in [-0.2, 0) is 0 Å². The van der Waals surface area contributed by atoms with E-state index in [-0.39, 0.29) is 17.2 Å². The van der Waals surface area contributed by atoms with Gasteiger partial charge in [0.25, 0.3) is 5.91 Å². The summed E-state index contributed by atoms with van der Waals surface area (Å²) in [4.78, 5) is 17.2. The van der Waals surface area contributed by atoms with Crippen LogP contribution in [0.25, 0.3) is 11.3 Å². The van der Waals surface area contributed by atoms with Crippen molar-refractivity contribution in [3.8, 4) is 11.3 Å². The van der Waals surface area contributed by atoms with Gasteiger partial charge in [-0.2, -0.15) is 5.23 Å². The summed E-state index contributed by atoms with van der Waals surface area (Å²) >= 11 is 5.90. The molecule has 0 bridgehead atoms. The fourth-order valence-electron chi connectivity index (χ4n) is 3.86. The molecule has 1 aromatic heterocycles. The molecule has 3 N–H and O–H groups in total. The molecule has 2 unspecified atom stereocenters. The monoisotopic (exact) mass is 456 g/mol. The Balaban J connectivity index is 1.44. The number of carbonyl (C=O) groups excluding carboxylic acids is 1. The van der Waals surface area contributed by atoms with Gasteiger partial charge in [0.2, 0.25) is 0 Å². The number of rotatable bonds is 6. The Morgan fingerprint density at radius 3 is 2.62 bits per heavy atom. The van der Waals surface area contributed by atoms with Gasteiger partial charge in [0, 0.05) is 41.6 Å². The summed E-state index contributed by atoms with van der Waals surface area (Å²) in [6.45, 7) is 1.99. The molecule has 0 saturated carbocycles. The molecule has 1 fully saturated rings. The van der Waals surface area contributed by atoms with Crippen LogP contribution in [0.1, 0.15) is 17.0 Å². The van der Waals surface area contributed by atoms with E-state index in [9.17, 15) is 15.2 Å². The van der Waals surface area contributed by atoms with Gasteiger partial charge in [0.1, 0.15) is 5.76 Å². The highest BCUT2D eigenvalue weighted by Gasteiger charge is 2.24. The number of nitrogens with zero attached hydrogens (tertiary/aromatic N) is 2. The largest absolute Gasteiger partial charge is 0.595 e. The van der Waals surface area contributed by atoms with Gasteiger partial charge in [-0.1, -0.05) is 11.6 Å². The van der Waals surface area contributed by atoms with Crippen LogP contribution in [0, 0.1) is 5.21 Å². The third-order valence-corrected chi connectivity index (χ3v) is 5.93. The van der Waals surface area contributed by atoms with Gasteiger partial charge in [-0.15, -0.1) is 0 Å². The fourth-order valence-corrected chi connectivity index (χ4v) is 4.03. The number of likely N-dealkylation sites (N-methyl/N-ethyl adjacent to an activating group) is 1. The summed E-state index contributed by atoms with van der Waals surface area (Å²) in [5.41, 5.74) is 2.13. The molecule has 2 atom stereocenters. The Hall–Kier alpha value is -2.88. The first-order valence-electron chi connectivity index (χ1n) is 10.3. The maximum absolute atomic E-state index is 12.6. The minimum absolute atomic E-state index is 0.00724. The van der Waals surface area contributed by atoms with Crippen LogP contribution >= 0.6 is 11.6 Å². The smallest absolute Gasteiger partial charge is 0.291 e. The normalized spacial score (nSPS) is 17.1. The quantitative estimate of drug-likeness (QED) is 0.492. The number of carbonyl (C=O) groups is 1. The van der Waals surface area contributed by atoms with Gasteiger partial charge in [-0.05, 0) is 69.0 Å². The molecule has 8 nitrogen and oxygen atoms in total. The lowest BCUT2D eigenvalue weighted by molar-refractivity contribution is -0.991. The predicted octanol–water partition coefficient (Wildman–Crippen LogP) is 3.40. The van der Waals surface area contributed by atoms with Crippen molar-refractivity contribution in [1.29, 1.82) is 0 Å². The molecule has 1 aliphatic rings. The summed E-state index contributed by atoms with van der Waals surface area (Å²) < 4.78 is 5.64. The van der Waals surface area contributed by atoms with Crippen molar-refractivity contribution in [3.05, 3.63) is 70.6 Å². The van der Waals surface area contributed by atoms with Crippen molar-refractivity contribution in [2.45, 2.75) is 12.5 Å². The van der Waals surface area contributed by atoms with E-state index in [1.165, 1.54) is 12.1 Å². The number of quaternary nitrogens is 1. The molecular formula is C23H25ClN4O4. The van der Waals surface area contributed by atoms with Crippen LogP contribution in [0.3, 0.4) is 0 Å². The fraction of sp³-hybridized carbons (Fsp3) is 0.261. The number of hydrogen-bond acceptors (Lipinski definition) is 6. The SMILES string of the molecule is CN(C)C1CCN(c2ccc(NC(=O)c3ccc(-c4ccc(Cl)cc4[NH+]([O-])O)o3)cc2)C1. The molecule has 1 amide bonds. The van der Waals surface area contributed by atoms with Gasteiger partial charge in [-0.3, -0.25) is 4.79 Å². The van der Waals surface area contributed by atoms with Crippen molar-refractivity contribution in [2.75, 3.05) is 37.4 Å². The van der Waals surface area contributed by atoms with Gasteiger partial charge in [-0.25, -0.2) is 5.21 Å². The molecule has 9 heteroatoms. The predicted molar refractivity (Wildman–Crippen MR) is 124 cm³/mol. The molecule has 2 aromatic carbocycles. The highest BCUT2D eigenvalue weighted by atomic mass is 35.5. The Labute approximate surface area is 191 Å². The van der Waals surface area contributed by atoms with E-state index < -0.39 is 11.1 Å². The van der Waals surface area contributed by atoms with E-state index in [1.807, 2.05) is 24.3 Å². The van der Waals surface area contributed by atoms with Crippen LogP contribution in [0.4, 0.5) is 17.1 Å². The molecule has 32 heavy (non-hydrogen) atoms. The first-order chi connectivity index (χ1) is 15.3. The zero-order valence-corrected chi connectivity index (χ0v) is 18.6. The molecule has 0 spiro atoms. The van der Waals surface area contributed by atoms with E-state index in [0.29, 0.717) is 22.3 Å². The minimum Gasteiger partial charge on any atom is -0.595 e. The van der Waals surface area contributed by atoms with Crippen molar-refractivity contribution in [2.24, 2.45) is 0 Å². The van der Waals surface area contributed by atoms with Crippen LogP contribution < -0.4 is 15.4 Å². The number of nitrogens with one attached hydrogen (secondary N) is 2. The summed E-state index contributed by atoms with van der Waals surface area (Å²) in [6.07, 6.45) is 1.13. The number of halogens is 1. The van der Waals surface area contributed by atoms with Gasteiger partial charge in [0.15, 0.2) is 11.4 Å². The zero-order valence-electron chi connectivity index (χ0n) is 17.8. The van der Waals surface area contributed by atoms with Crippen molar-refractivity contribution < 1.29 is 19.6 Å². The lowest BCUT2D eigenvalue weighted by Crippen LogP contribution is -2.99. The highest BCUT2D eigenvalue weighted by Crippen LogP contribution is 2.30. The number of amides is 1. The first kappa shape index (κ1) is 22.3. The zero-order chi connectivity index (χ0) is 22.8. The maximum Gasteiger partial charge on any atom is 0.291 e. The highest BCUT2D eigenvalue weighted by molar-refractivity contribution is 6.30. The minimum atomic E-state index is -1.13. The second-order valence-electron chi connectivity index (χ2n) is 8.01. The molecule has 3 aromatic rings. The van der Waals surface area contributed by atoms with E-state index in [1.54, 1.807) is 18.2 Å². The van der Waals surface area contributed by atoms with Crippen molar-refractivity contribution >= 4 is 34.6 Å². The summed E-state index contributed by atoms with van der Waals surface area (Å²) in [6, 6.07) is 15.8. The van der Waals surface area contributed by atoms with Crippen molar-refractivity contribution in [3.63, 3.8) is 0 Å². The Morgan fingerprint density at radius 2 is 1.97 bits per heavy atom. The van der Waals surface area contributed by atoms with Crippen LogP contribution in [-0.4, -0.2) is 49.2 Å². The third-order valence-electron chi connectivity index (χ3n) is 5.69. The van der Waals surface area contributed by atoms with E-state index in [4.69, 9.17) is 16.0 Å². The van der Waals surface area contributed by atoms with Gasteiger partial charge >= 0.3 is 0 Å². The second-order valence-corrected chi connectivity index (χ2v) is 8.45. The Morgan fingerprint density at radius 1 is 1.22 bits per heavy atom. The molecule has 0 radical (unpaired) electrons. The van der Waals surface area contributed by atoms with Crippen LogP contribution in [0.5, 0.6) is 0 Å². The number of benzene rings is 2. The molecule has 0 aliphatic carbocycles. The molecular weight excluding hydrogens is 432 g/mol. The summed E-state index contributed by atoms with van der Waals surface area (Å²) in [7, 11) is 4.20. The molecule has 1 aliphatic heterocycles. The van der Waals surface area contributed by atoms with Crippen LogP contribution in [0.15, 0.2) is 59.0 Å². The average molecular weight is 457 g/mol. The topological polar surface area (TPSA) is 96.5 Å². The summed E-state index contributed by atoms with van der Waals surface area (Å²) in [5.74, 6) is -0.0449. The standard InChI is InChI=1S/C23H25ClN4O4/c1-26(2)18-11-12-27(14-18)17-6-4-16(5-7-17)25-23(29)22-10-9-21(32-22)19-8-3-15(24)13-20(19)28(30)31/h3-10,13,18,28,30H,11-12,14H2,1-2H3,(H,25,29). The number of anilines is 2. The van der Waals surface area contributed by atoms with Crippen LogP contribution in [0.2, 0.25) is 5.02 Å². The van der Waals surface area contributed by atoms with E-state index in [2.05, 4.69) is 29.2 Å². The molecule has 4 rings (SSSR count). The van der Waals surface area contributed by atoms with Gasteiger partial charge in [0.05, 0.1) is 5.56 Å². The number of hydrogen-bond donors (Lipinski definition) is 3. The van der Waals surface area contributed by atoms with E-state index in [0.717, 1.165) is 25.2 Å². The second kappa shape index (κ2) is 9.32. The molecule has 1 saturated heterocycles. The van der Waals surface area contributed by atoms with Crippen molar-refractivity contribution in [1.82, 2.24) is 4.90 Å². The lowest BCUT2D eigenvalue weighted by Gasteiger charge is -2.22. The average Bonchev–Trinajstić information content (AvgIpc) is 3.44. The van der Waals surface area contributed by atoms with E-state index >= 15 is 0 Å². The Bertz CT molecular complexity index is 1100. The van der Waals surface area contributed by atoms with Gasteiger partial charge < -0.3 is 24.7 Å². The molecule has 2 heterocycles. The summed E-state index contributed by atoms with van der Waals surface area (Å²) in [5, 5.41) is 22.9.